The first-order valence-electron chi connectivity index (χ1n) is 6.31. The van der Waals surface area contributed by atoms with Gasteiger partial charge in [0.15, 0.2) is 0 Å². The van der Waals surface area contributed by atoms with Crippen molar-refractivity contribution in [3.63, 3.8) is 0 Å². The molecule has 0 amide bonds. The summed E-state index contributed by atoms with van der Waals surface area (Å²) in [5, 5.41) is 2.16. The molecule has 0 bridgehead atoms. The van der Waals surface area contributed by atoms with Gasteiger partial charge < -0.3 is 5.73 Å². The van der Waals surface area contributed by atoms with E-state index in [0.29, 0.717) is 12.0 Å². The van der Waals surface area contributed by atoms with E-state index in [2.05, 4.69) is 46.1 Å². The van der Waals surface area contributed by atoms with Gasteiger partial charge in [0.05, 0.1) is 6.04 Å². The fourth-order valence-electron chi connectivity index (χ4n) is 2.65. The summed E-state index contributed by atoms with van der Waals surface area (Å²) in [6, 6.07) is 2.93. The number of hydrogen-bond donors (Lipinski definition) is 1. The van der Waals surface area contributed by atoms with Crippen molar-refractivity contribution in [2.75, 3.05) is 13.1 Å². The van der Waals surface area contributed by atoms with Gasteiger partial charge in [-0.25, -0.2) is 0 Å². The fraction of sp³-hybridized carbons (Fsp3) is 0.692. The van der Waals surface area contributed by atoms with Gasteiger partial charge in [-0.3, -0.25) is 4.90 Å². The van der Waals surface area contributed by atoms with Crippen LogP contribution in [0.15, 0.2) is 15.9 Å². The Bertz CT molecular complexity index is 364. The van der Waals surface area contributed by atoms with Crippen molar-refractivity contribution in [2.45, 2.75) is 38.8 Å². The van der Waals surface area contributed by atoms with Crippen molar-refractivity contribution >= 4 is 27.3 Å². The molecule has 96 valence electrons. The number of nitrogens with two attached hydrogens (primary N) is 1. The monoisotopic (exact) mass is 316 g/mol. The van der Waals surface area contributed by atoms with E-state index >= 15 is 0 Å². The van der Waals surface area contributed by atoms with E-state index in [1.807, 2.05) is 11.3 Å². The molecule has 1 aromatic rings. The molecule has 0 spiro atoms. The molecule has 0 radical (unpaired) electrons. The largest absolute Gasteiger partial charge is 0.326 e. The number of nitrogens with zero attached hydrogens (tertiary/aromatic N) is 1. The molecule has 1 saturated heterocycles. The second kappa shape index (κ2) is 5.83. The van der Waals surface area contributed by atoms with E-state index in [1.165, 1.54) is 22.3 Å². The number of thiophene rings is 1. The van der Waals surface area contributed by atoms with Crippen LogP contribution in [-0.2, 0) is 0 Å². The van der Waals surface area contributed by atoms with E-state index in [4.69, 9.17) is 5.73 Å². The average molecular weight is 317 g/mol. The Morgan fingerprint density at radius 3 is 2.94 bits per heavy atom. The van der Waals surface area contributed by atoms with E-state index in [-0.39, 0.29) is 6.04 Å². The van der Waals surface area contributed by atoms with Crippen LogP contribution < -0.4 is 5.73 Å². The van der Waals surface area contributed by atoms with Crippen molar-refractivity contribution in [3.05, 3.63) is 20.8 Å². The van der Waals surface area contributed by atoms with Gasteiger partial charge >= 0.3 is 0 Å². The smallest absolute Gasteiger partial charge is 0.0593 e. The van der Waals surface area contributed by atoms with Gasteiger partial charge in [-0.05, 0) is 47.3 Å². The predicted octanol–water partition coefficient (Wildman–Crippen LogP) is 3.63. The van der Waals surface area contributed by atoms with Gasteiger partial charge in [-0.2, -0.15) is 0 Å². The van der Waals surface area contributed by atoms with Crippen LogP contribution >= 0.6 is 27.3 Å². The molecule has 1 aromatic heterocycles. The van der Waals surface area contributed by atoms with Crippen LogP contribution in [0.25, 0.3) is 0 Å². The minimum atomic E-state index is 0.285. The number of piperidine rings is 1. The highest BCUT2D eigenvalue weighted by Crippen LogP contribution is 2.35. The van der Waals surface area contributed by atoms with Crippen LogP contribution in [0.2, 0.25) is 0 Å². The molecule has 17 heavy (non-hydrogen) atoms. The van der Waals surface area contributed by atoms with Crippen molar-refractivity contribution in [1.82, 2.24) is 4.90 Å². The molecule has 1 fully saturated rings. The lowest BCUT2D eigenvalue weighted by molar-refractivity contribution is 0.116. The summed E-state index contributed by atoms with van der Waals surface area (Å²) in [5.41, 5.74) is 6.34. The first-order chi connectivity index (χ1) is 8.08. The summed E-state index contributed by atoms with van der Waals surface area (Å²) in [5.74, 6) is 0.700. The lowest BCUT2D eigenvalue weighted by atomic mass is 9.94. The molecular formula is C13H21BrN2S. The molecule has 2 rings (SSSR count). The molecule has 2 atom stereocenters. The zero-order chi connectivity index (χ0) is 12.4. The van der Waals surface area contributed by atoms with Crippen LogP contribution in [0.3, 0.4) is 0 Å². The SMILES string of the molecule is CC(C)CN1CCCC(N)C1c1cc(Br)cs1. The minimum absolute atomic E-state index is 0.285. The van der Waals surface area contributed by atoms with Gasteiger partial charge in [0.2, 0.25) is 0 Å². The molecule has 1 aliphatic heterocycles. The lowest BCUT2D eigenvalue weighted by Crippen LogP contribution is -2.46. The van der Waals surface area contributed by atoms with E-state index < -0.39 is 0 Å². The van der Waals surface area contributed by atoms with Crippen LogP contribution in [0, 0.1) is 5.92 Å². The van der Waals surface area contributed by atoms with Crippen molar-refractivity contribution < 1.29 is 0 Å². The maximum atomic E-state index is 6.34. The number of rotatable bonds is 3. The summed E-state index contributed by atoms with van der Waals surface area (Å²) in [6.45, 7) is 6.89. The molecule has 2 N–H and O–H groups in total. The quantitative estimate of drug-likeness (QED) is 0.922. The zero-order valence-electron chi connectivity index (χ0n) is 10.5. The van der Waals surface area contributed by atoms with Crippen LogP contribution in [-0.4, -0.2) is 24.0 Å². The Morgan fingerprint density at radius 1 is 1.59 bits per heavy atom. The molecule has 2 unspecified atom stereocenters. The van der Waals surface area contributed by atoms with Gasteiger partial charge in [0.25, 0.3) is 0 Å². The third kappa shape index (κ3) is 3.31. The molecule has 0 aromatic carbocycles. The van der Waals surface area contributed by atoms with Gasteiger partial charge in [0.1, 0.15) is 0 Å². The Labute approximate surface area is 116 Å². The van der Waals surface area contributed by atoms with Crippen LogP contribution in [0.4, 0.5) is 0 Å². The summed E-state index contributed by atoms with van der Waals surface area (Å²) in [6.07, 6.45) is 2.38. The van der Waals surface area contributed by atoms with Gasteiger partial charge in [-0.1, -0.05) is 13.8 Å². The predicted molar refractivity (Wildman–Crippen MR) is 78.4 cm³/mol. The first kappa shape index (κ1) is 13.5. The summed E-state index contributed by atoms with van der Waals surface area (Å²) in [7, 11) is 0. The second-order valence-corrected chi connectivity index (χ2v) is 7.17. The molecule has 0 aliphatic carbocycles. The maximum absolute atomic E-state index is 6.34. The van der Waals surface area contributed by atoms with E-state index in [9.17, 15) is 0 Å². The lowest BCUT2D eigenvalue weighted by Gasteiger charge is -2.40. The summed E-state index contributed by atoms with van der Waals surface area (Å²) < 4.78 is 1.18. The molecule has 2 heterocycles. The molecule has 4 heteroatoms. The summed E-state index contributed by atoms with van der Waals surface area (Å²) in [4.78, 5) is 3.97. The minimum Gasteiger partial charge on any atom is -0.326 e. The maximum Gasteiger partial charge on any atom is 0.0593 e. The van der Waals surface area contributed by atoms with Gasteiger partial charge in [0, 0.05) is 27.3 Å². The van der Waals surface area contributed by atoms with Crippen molar-refractivity contribution in [2.24, 2.45) is 11.7 Å². The number of hydrogen-bond acceptors (Lipinski definition) is 3. The van der Waals surface area contributed by atoms with E-state index in [0.717, 1.165) is 13.0 Å². The van der Waals surface area contributed by atoms with Crippen molar-refractivity contribution in [3.8, 4) is 0 Å². The topological polar surface area (TPSA) is 29.3 Å². The third-order valence-electron chi connectivity index (χ3n) is 3.26. The number of likely N-dealkylation sites (tertiary alicyclic amines) is 1. The second-order valence-electron chi connectivity index (χ2n) is 5.31. The molecule has 0 saturated carbocycles. The third-order valence-corrected chi connectivity index (χ3v) is 5.02. The average Bonchev–Trinajstić information content (AvgIpc) is 2.64. The fourth-order valence-corrected chi connectivity index (χ4v) is 4.30. The Kier molecular flexibility index (Phi) is 4.64. The van der Waals surface area contributed by atoms with E-state index in [1.54, 1.807) is 0 Å². The Balaban J connectivity index is 2.18. The molecular weight excluding hydrogens is 296 g/mol. The van der Waals surface area contributed by atoms with Crippen LogP contribution in [0.1, 0.15) is 37.6 Å². The highest BCUT2D eigenvalue weighted by molar-refractivity contribution is 9.10. The van der Waals surface area contributed by atoms with Crippen LogP contribution in [0.5, 0.6) is 0 Å². The van der Waals surface area contributed by atoms with Gasteiger partial charge in [-0.15, -0.1) is 11.3 Å². The molecule has 2 nitrogen and oxygen atoms in total. The normalized spacial score (nSPS) is 26.6. The first-order valence-corrected chi connectivity index (χ1v) is 7.98. The van der Waals surface area contributed by atoms with Crippen molar-refractivity contribution in [1.29, 1.82) is 0 Å². The zero-order valence-corrected chi connectivity index (χ0v) is 12.9. The standard InChI is InChI=1S/C13H21BrN2S/c1-9(2)7-16-5-3-4-11(15)13(16)12-6-10(14)8-17-12/h6,8-9,11,13H,3-5,7,15H2,1-2H3. The Hall–Kier alpha value is 0.1000. The highest BCUT2D eigenvalue weighted by Gasteiger charge is 2.31. The summed E-state index contributed by atoms with van der Waals surface area (Å²) >= 11 is 5.36. The highest BCUT2D eigenvalue weighted by atomic mass is 79.9. The molecule has 1 aliphatic rings. The number of halogens is 1. The Morgan fingerprint density at radius 2 is 2.35 bits per heavy atom.